The lowest BCUT2D eigenvalue weighted by Gasteiger charge is -2.09. The van der Waals surface area contributed by atoms with Crippen LogP contribution in [0.4, 0.5) is 0 Å². The van der Waals surface area contributed by atoms with Crippen LogP contribution >= 0.6 is 11.6 Å². The third-order valence-electron chi connectivity index (χ3n) is 4.17. The molecule has 0 saturated heterocycles. The van der Waals surface area contributed by atoms with E-state index in [4.69, 9.17) is 11.6 Å². The van der Waals surface area contributed by atoms with Crippen LogP contribution in [0.2, 0.25) is 5.02 Å². The number of aryl methyl sites for hydroxylation is 2. The van der Waals surface area contributed by atoms with Gasteiger partial charge >= 0.3 is 0 Å². The molecular weight excluding hydrogens is 282 g/mol. The zero-order chi connectivity index (χ0) is 15.0. The summed E-state index contributed by atoms with van der Waals surface area (Å²) in [6.07, 6.45) is 2.58. The van der Waals surface area contributed by atoms with Gasteiger partial charge in [-0.25, -0.2) is 0 Å². The monoisotopic (exact) mass is 303 g/mol. The zero-order valence-electron chi connectivity index (χ0n) is 12.9. The molecule has 0 atom stereocenters. The predicted octanol–water partition coefficient (Wildman–Crippen LogP) is 4.09. The molecule has 3 rings (SSSR count). The molecule has 0 radical (unpaired) electrons. The summed E-state index contributed by atoms with van der Waals surface area (Å²) in [6.45, 7) is 8.07. The molecule has 21 heavy (non-hydrogen) atoms. The van der Waals surface area contributed by atoms with Crippen LogP contribution in [0.15, 0.2) is 18.2 Å². The molecular formula is C17H22ClN3. The fraction of sp³-hybridized carbons (Fsp3) is 0.471. The maximum Gasteiger partial charge on any atom is 0.0674 e. The molecule has 1 saturated carbocycles. The van der Waals surface area contributed by atoms with E-state index in [-0.39, 0.29) is 0 Å². The maximum absolute atomic E-state index is 6.34. The smallest absolute Gasteiger partial charge is 0.0674 e. The first kappa shape index (κ1) is 14.6. The molecule has 1 heterocycles. The number of nitrogens with zero attached hydrogens (tertiary/aromatic N) is 2. The highest BCUT2D eigenvalue weighted by atomic mass is 35.5. The number of hydrogen-bond donors (Lipinski definition) is 1. The summed E-state index contributed by atoms with van der Waals surface area (Å²) in [5, 5.41) is 8.98. The Kier molecular flexibility index (Phi) is 4.05. The summed E-state index contributed by atoms with van der Waals surface area (Å²) >= 11 is 6.34. The number of rotatable bonds is 5. The van der Waals surface area contributed by atoms with Crippen LogP contribution in [0.1, 0.15) is 36.7 Å². The van der Waals surface area contributed by atoms with E-state index in [0.717, 1.165) is 23.8 Å². The van der Waals surface area contributed by atoms with Crippen molar-refractivity contribution in [2.24, 2.45) is 0 Å². The SMILES string of the molecule is CCn1nc(C)c(-c2ccc(Cl)c(CNC3CC3)c2)c1C. The number of nitrogens with one attached hydrogen (secondary N) is 1. The quantitative estimate of drug-likeness (QED) is 0.901. The van der Waals surface area contributed by atoms with Gasteiger partial charge < -0.3 is 5.32 Å². The van der Waals surface area contributed by atoms with E-state index in [9.17, 15) is 0 Å². The Bertz CT molecular complexity index is 656. The van der Waals surface area contributed by atoms with Crippen LogP contribution in [0.25, 0.3) is 11.1 Å². The Morgan fingerprint density at radius 3 is 2.71 bits per heavy atom. The Morgan fingerprint density at radius 2 is 2.10 bits per heavy atom. The minimum Gasteiger partial charge on any atom is -0.310 e. The first-order valence-electron chi connectivity index (χ1n) is 7.66. The van der Waals surface area contributed by atoms with Crippen LogP contribution in [0.5, 0.6) is 0 Å². The van der Waals surface area contributed by atoms with Crippen LogP contribution in [-0.4, -0.2) is 15.8 Å². The fourth-order valence-electron chi connectivity index (χ4n) is 2.83. The second kappa shape index (κ2) is 5.82. The molecule has 1 N–H and O–H groups in total. The number of aromatic nitrogens is 2. The van der Waals surface area contributed by atoms with E-state index < -0.39 is 0 Å². The summed E-state index contributed by atoms with van der Waals surface area (Å²) in [5.74, 6) is 0. The molecule has 0 unspecified atom stereocenters. The molecule has 2 aromatic rings. The van der Waals surface area contributed by atoms with E-state index in [0.29, 0.717) is 6.04 Å². The van der Waals surface area contributed by atoms with Crippen molar-refractivity contribution in [2.75, 3.05) is 0 Å². The molecule has 0 aliphatic heterocycles. The van der Waals surface area contributed by atoms with Crippen molar-refractivity contribution in [1.82, 2.24) is 15.1 Å². The fourth-order valence-corrected chi connectivity index (χ4v) is 3.01. The summed E-state index contributed by atoms with van der Waals surface area (Å²) in [4.78, 5) is 0. The Labute approximate surface area is 131 Å². The lowest BCUT2D eigenvalue weighted by Crippen LogP contribution is -2.15. The van der Waals surface area contributed by atoms with Gasteiger partial charge in [0.15, 0.2) is 0 Å². The van der Waals surface area contributed by atoms with Gasteiger partial charge in [0.2, 0.25) is 0 Å². The normalized spacial score (nSPS) is 14.7. The Balaban J connectivity index is 1.94. The van der Waals surface area contributed by atoms with Gasteiger partial charge in [0, 0.05) is 35.4 Å². The van der Waals surface area contributed by atoms with E-state index in [2.05, 4.69) is 48.0 Å². The van der Waals surface area contributed by atoms with Gasteiger partial charge in [-0.3, -0.25) is 4.68 Å². The number of halogens is 1. The molecule has 3 nitrogen and oxygen atoms in total. The average molecular weight is 304 g/mol. The Morgan fingerprint density at radius 1 is 1.33 bits per heavy atom. The molecule has 1 aliphatic rings. The summed E-state index contributed by atoms with van der Waals surface area (Å²) in [5.41, 5.74) is 5.92. The molecule has 1 aromatic heterocycles. The molecule has 1 aliphatic carbocycles. The molecule has 0 bridgehead atoms. The van der Waals surface area contributed by atoms with Crippen molar-refractivity contribution in [1.29, 1.82) is 0 Å². The largest absolute Gasteiger partial charge is 0.310 e. The molecule has 1 aromatic carbocycles. The van der Waals surface area contributed by atoms with Crippen LogP contribution in [-0.2, 0) is 13.1 Å². The highest BCUT2D eigenvalue weighted by Gasteiger charge is 2.21. The van der Waals surface area contributed by atoms with Crippen molar-refractivity contribution in [3.05, 3.63) is 40.2 Å². The second-order valence-electron chi connectivity index (χ2n) is 5.82. The van der Waals surface area contributed by atoms with Crippen molar-refractivity contribution >= 4 is 11.6 Å². The molecule has 0 spiro atoms. The Hall–Kier alpha value is -1.32. The van der Waals surface area contributed by atoms with Crippen LogP contribution in [0, 0.1) is 13.8 Å². The molecule has 0 amide bonds. The highest BCUT2D eigenvalue weighted by Crippen LogP contribution is 2.30. The third kappa shape index (κ3) is 2.99. The first-order valence-corrected chi connectivity index (χ1v) is 8.04. The molecule has 112 valence electrons. The minimum absolute atomic E-state index is 0.691. The van der Waals surface area contributed by atoms with E-state index in [1.54, 1.807) is 0 Å². The summed E-state index contributed by atoms with van der Waals surface area (Å²) < 4.78 is 2.06. The van der Waals surface area contributed by atoms with Gasteiger partial charge in [-0.2, -0.15) is 5.10 Å². The van der Waals surface area contributed by atoms with Crippen LogP contribution < -0.4 is 5.32 Å². The van der Waals surface area contributed by atoms with Gasteiger partial charge in [0.05, 0.1) is 5.69 Å². The standard InChI is InChI=1S/C17H22ClN3/c1-4-21-12(3)17(11(2)20-21)13-5-8-16(18)14(9-13)10-19-15-6-7-15/h5,8-9,15,19H,4,6-7,10H2,1-3H3. The van der Waals surface area contributed by atoms with Gasteiger partial charge in [-0.15, -0.1) is 0 Å². The van der Waals surface area contributed by atoms with E-state index in [1.807, 2.05) is 6.07 Å². The van der Waals surface area contributed by atoms with Crippen molar-refractivity contribution in [3.63, 3.8) is 0 Å². The maximum atomic E-state index is 6.34. The first-order chi connectivity index (χ1) is 10.1. The highest BCUT2D eigenvalue weighted by molar-refractivity contribution is 6.31. The third-order valence-corrected chi connectivity index (χ3v) is 4.54. The zero-order valence-corrected chi connectivity index (χ0v) is 13.7. The van der Waals surface area contributed by atoms with Gasteiger partial charge in [0.25, 0.3) is 0 Å². The topological polar surface area (TPSA) is 29.9 Å². The number of hydrogen-bond acceptors (Lipinski definition) is 2. The predicted molar refractivity (Wildman–Crippen MR) is 87.7 cm³/mol. The van der Waals surface area contributed by atoms with Gasteiger partial charge in [0.1, 0.15) is 0 Å². The minimum atomic E-state index is 0.691. The van der Waals surface area contributed by atoms with Crippen LogP contribution in [0.3, 0.4) is 0 Å². The lowest BCUT2D eigenvalue weighted by atomic mass is 10.0. The average Bonchev–Trinajstić information content (AvgIpc) is 3.24. The van der Waals surface area contributed by atoms with Gasteiger partial charge in [-0.1, -0.05) is 17.7 Å². The summed E-state index contributed by atoms with van der Waals surface area (Å²) in [6, 6.07) is 6.99. The van der Waals surface area contributed by atoms with Crippen molar-refractivity contribution in [3.8, 4) is 11.1 Å². The lowest BCUT2D eigenvalue weighted by molar-refractivity contribution is 0.634. The second-order valence-corrected chi connectivity index (χ2v) is 6.23. The van der Waals surface area contributed by atoms with E-state index >= 15 is 0 Å². The number of benzene rings is 1. The molecule has 1 fully saturated rings. The van der Waals surface area contributed by atoms with Gasteiger partial charge in [-0.05, 0) is 56.9 Å². The van der Waals surface area contributed by atoms with Crippen molar-refractivity contribution in [2.45, 2.75) is 52.7 Å². The van der Waals surface area contributed by atoms with E-state index in [1.165, 1.54) is 35.2 Å². The van der Waals surface area contributed by atoms with Crippen molar-refractivity contribution < 1.29 is 0 Å². The molecule has 4 heteroatoms. The summed E-state index contributed by atoms with van der Waals surface area (Å²) in [7, 11) is 0.